The molecule has 1 aromatic carbocycles. The third kappa shape index (κ3) is 4.86. The molecule has 198 valence electrons. The standard InChI is InChI=1S/C29H32ClN5O3/c1-6-8-21(36)15-37-22-10-11-24(30)23(13-22)28-32-26(25-17(3)34-38-19(25)5)16(2)29(33-28)35-14-20-9-7-12-31-27(20)18(35)4/h7,9-13,18,21,36H,6,8,14-15H2,1-5H3/t18?,21-/m1/s1. The zero-order valence-electron chi connectivity index (χ0n) is 22.3. The molecule has 8 nitrogen and oxygen atoms in total. The summed E-state index contributed by atoms with van der Waals surface area (Å²) in [6.45, 7) is 10.9. The first kappa shape index (κ1) is 26.1. The summed E-state index contributed by atoms with van der Waals surface area (Å²) in [4.78, 5) is 16.9. The van der Waals surface area contributed by atoms with Crippen molar-refractivity contribution < 1.29 is 14.4 Å². The molecule has 1 N–H and O–H groups in total. The highest BCUT2D eigenvalue weighted by atomic mass is 35.5. The van der Waals surface area contributed by atoms with E-state index in [4.69, 9.17) is 30.8 Å². The Morgan fingerprint density at radius 2 is 2.03 bits per heavy atom. The fraction of sp³-hybridized carbons (Fsp3) is 0.379. The number of ether oxygens (including phenoxy) is 1. The quantitative estimate of drug-likeness (QED) is 0.278. The number of hydrogen-bond acceptors (Lipinski definition) is 8. The van der Waals surface area contributed by atoms with Gasteiger partial charge < -0.3 is 19.3 Å². The third-order valence-corrected chi connectivity index (χ3v) is 7.36. The Balaban J connectivity index is 1.63. The van der Waals surface area contributed by atoms with Crippen LogP contribution in [0.15, 0.2) is 41.1 Å². The first-order valence-corrected chi connectivity index (χ1v) is 13.3. The lowest BCUT2D eigenvalue weighted by molar-refractivity contribution is 0.0994. The molecule has 38 heavy (non-hydrogen) atoms. The number of benzene rings is 1. The average molecular weight is 534 g/mol. The monoisotopic (exact) mass is 533 g/mol. The molecule has 3 aromatic heterocycles. The van der Waals surface area contributed by atoms with Crippen LogP contribution in [-0.2, 0) is 6.54 Å². The van der Waals surface area contributed by atoms with Crippen molar-refractivity contribution in [3.05, 3.63) is 69.8 Å². The number of fused-ring (bicyclic) bond motifs is 1. The van der Waals surface area contributed by atoms with Gasteiger partial charge in [-0.3, -0.25) is 4.98 Å². The van der Waals surface area contributed by atoms with Gasteiger partial charge in [0.2, 0.25) is 0 Å². The first-order valence-electron chi connectivity index (χ1n) is 12.9. The summed E-state index contributed by atoms with van der Waals surface area (Å²) in [5, 5.41) is 14.8. The van der Waals surface area contributed by atoms with Crippen LogP contribution in [-0.4, -0.2) is 37.9 Å². The molecule has 0 fully saturated rings. The molecule has 5 rings (SSSR count). The number of anilines is 1. The van der Waals surface area contributed by atoms with Gasteiger partial charge in [0.1, 0.15) is 23.9 Å². The van der Waals surface area contributed by atoms with Crippen LogP contribution in [0.3, 0.4) is 0 Å². The van der Waals surface area contributed by atoms with Gasteiger partial charge in [0.15, 0.2) is 5.82 Å². The number of rotatable bonds is 8. The van der Waals surface area contributed by atoms with Crippen LogP contribution in [0.5, 0.6) is 5.75 Å². The second kappa shape index (κ2) is 10.7. The minimum Gasteiger partial charge on any atom is -0.491 e. The van der Waals surface area contributed by atoms with E-state index < -0.39 is 6.10 Å². The number of hydrogen-bond donors (Lipinski definition) is 1. The molecule has 0 bridgehead atoms. The Bertz CT molecular complexity index is 1450. The van der Waals surface area contributed by atoms with E-state index in [-0.39, 0.29) is 12.6 Å². The minimum absolute atomic E-state index is 0.0374. The van der Waals surface area contributed by atoms with E-state index in [9.17, 15) is 5.11 Å². The molecule has 9 heteroatoms. The van der Waals surface area contributed by atoms with Gasteiger partial charge in [-0.15, -0.1) is 0 Å². The second-order valence-corrected chi connectivity index (χ2v) is 10.2. The number of aliphatic hydroxyl groups excluding tert-OH is 1. The number of halogens is 1. The Morgan fingerprint density at radius 1 is 1.21 bits per heavy atom. The molecule has 1 unspecified atom stereocenters. The fourth-order valence-corrected chi connectivity index (χ4v) is 5.23. The van der Waals surface area contributed by atoms with Crippen LogP contribution in [0.4, 0.5) is 5.82 Å². The Morgan fingerprint density at radius 3 is 2.74 bits per heavy atom. The molecular formula is C29H32ClN5O3. The highest BCUT2D eigenvalue weighted by molar-refractivity contribution is 6.33. The highest BCUT2D eigenvalue weighted by Crippen LogP contribution is 2.41. The Labute approximate surface area is 227 Å². The summed E-state index contributed by atoms with van der Waals surface area (Å²) in [7, 11) is 0. The molecule has 0 saturated carbocycles. The minimum atomic E-state index is -0.528. The maximum absolute atomic E-state index is 10.1. The topological polar surface area (TPSA) is 97.4 Å². The van der Waals surface area contributed by atoms with Gasteiger partial charge >= 0.3 is 0 Å². The van der Waals surface area contributed by atoms with Gasteiger partial charge in [-0.2, -0.15) is 0 Å². The van der Waals surface area contributed by atoms with Gasteiger partial charge in [0.25, 0.3) is 0 Å². The normalized spacial score (nSPS) is 15.6. The molecule has 0 saturated heterocycles. The molecule has 4 heterocycles. The summed E-state index contributed by atoms with van der Waals surface area (Å²) < 4.78 is 11.4. The van der Waals surface area contributed by atoms with Crippen molar-refractivity contribution in [2.45, 2.75) is 66.2 Å². The Kier molecular flexibility index (Phi) is 7.36. The van der Waals surface area contributed by atoms with E-state index in [1.165, 1.54) is 5.56 Å². The second-order valence-electron chi connectivity index (χ2n) is 9.79. The van der Waals surface area contributed by atoms with E-state index in [1.54, 1.807) is 12.1 Å². The number of aromatic nitrogens is 4. The van der Waals surface area contributed by atoms with Gasteiger partial charge in [-0.05, 0) is 63.9 Å². The van der Waals surface area contributed by atoms with E-state index >= 15 is 0 Å². The zero-order chi connectivity index (χ0) is 27.0. The first-order chi connectivity index (χ1) is 18.3. The van der Waals surface area contributed by atoms with Gasteiger partial charge in [-0.1, -0.05) is 36.2 Å². The molecule has 4 aromatic rings. The summed E-state index contributed by atoms with van der Waals surface area (Å²) in [5.41, 5.74) is 6.15. The zero-order valence-corrected chi connectivity index (χ0v) is 23.1. The van der Waals surface area contributed by atoms with Crippen molar-refractivity contribution in [1.29, 1.82) is 0 Å². The summed E-state index contributed by atoms with van der Waals surface area (Å²) in [6, 6.07) is 9.50. The maximum atomic E-state index is 10.1. The van der Waals surface area contributed by atoms with E-state index in [1.807, 2.05) is 46.0 Å². The molecule has 0 spiro atoms. The van der Waals surface area contributed by atoms with Gasteiger partial charge in [0, 0.05) is 23.9 Å². The van der Waals surface area contributed by atoms with E-state index in [0.717, 1.165) is 40.4 Å². The van der Waals surface area contributed by atoms with Crippen molar-refractivity contribution in [2.75, 3.05) is 11.5 Å². The lowest BCUT2D eigenvalue weighted by Crippen LogP contribution is -2.22. The molecule has 1 aliphatic rings. The SMILES string of the molecule is CCC[C@@H](O)COc1ccc(Cl)c(-c2nc(-c3c(C)noc3C)c(C)c(N3Cc4cccnc4C3C)n2)c1. The highest BCUT2D eigenvalue weighted by Gasteiger charge is 2.32. The largest absolute Gasteiger partial charge is 0.491 e. The summed E-state index contributed by atoms with van der Waals surface area (Å²) in [5.74, 6) is 2.56. The Hall–Kier alpha value is -3.49. The van der Waals surface area contributed by atoms with Crippen LogP contribution in [0.25, 0.3) is 22.6 Å². The average Bonchev–Trinajstić information content (AvgIpc) is 3.42. The lowest BCUT2D eigenvalue weighted by atomic mass is 10.0. The van der Waals surface area contributed by atoms with Crippen LogP contribution in [0.1, 0.15) is 61.0 Å². The predicted octanol–water partition coefficient (Wildman–Crippen LogP) is 6.39. The van der Waals surface area contributed by atoms with Crippen molar-refractivity contribution in [2.24, 2.45) is 0 Å². The smallest absolute Gasteiger partial charge is 0.163 e. The summed E-state index contributed by atoms with van der Waals surface area (Å²) in [6.07, 6.45) is 2.86. The molecule has 0 amide bonds. The van der Waals surface area contributed by atoms with E-state index in [0.29, 0.717) is 40.9 Å². The summed E-state index contributed by atoms with van der Waals surface area (Å²) >= 11 is 6.70. The number of pyridine rings is 1. The van der Waals surface area contributed by atoms with Crippen LogP contribution in [0.2, 0.25) is 5.02 Å². The van der Waals surface area contributed by atoms with Crippen molar-refractivity contribution >= 4 is 17.4 Å². The van der Waals surface area contributed by atoms with Crippen molar-refractivity contribution in [1.82, 2.24) is 20.1 Å². The van der Waals surface area contributed by atoms with Crippen LogP contribution in [0, 0.1) is 20.8 Å². The molecular weight excluding hydrogens is 502 g/mol. The number of nitrogens with zero attached hydrogens (tertiary/aromatic N) is 5. The lowest BCUT2D eigenvalue weighted by Gasteiger charge is -2.26. The van der Waals surface area contributed by atoms with E-state index in [2.05, 4.69) is 28.0 Å². The van der Waals surface area contributed by atoms with Crippen LogP contribution < -0.4 is 9.64 Å². The molecule has 0 aliphatic carbocycles. The van der Waals surface area contributed by atoms with Crippen molar-refractivity contribution in [3.8, 4) is 28.4 Å². The van der Waals surface area contributed by atoms with Gasteiger partial charge in [0.05, 0.1) is 39.8 Å². The number of aryl methyl sites for hydroxylation is 2. The number of aliphatic hydroxyl groups is 1. The molecule has 1 aliphatic heterocycles. The third-order valence-electron chi connectivity index (χ3n) is 7.04. The van der Waals surface area contributed by atoms with Crippen LogP contribution >= 0.6 is 11.6 Å². The predicted molar refractivity (Wildman–Crippen MR) is 147 cm³/mol. The van der Waals surface area contributed by atoms with Gasteiger partial charge in [-0.25, -0.2) is 9.97 Å². The fourth-order valence-electron chi connectivity index (χ4n) is 5.03. The van der Waals surface area contributed by atoms with Crippen molar-refractivity contribution in [3.63, 3.8) is 0 Å². The molecule has 2 atom stereocenters. The molecule has 0 radical (unpaired) electrons. The maximum Gasteiger partial charge on any atom is 0.163 e.